The fraction of sp³-hybridized carbons (Fsp3) is 0.500. The predicted molar refractivity (Wildman–Crippen MR) is 79.2 cm³/mol. The number of hydrogen-bond donors (Lipinski definition) is 1. The van der Waals surface area contributed by atoms with Gasteiger partial charge in [0.05, 0.1) is 11.8 Å². The molecule has 0 bridgehead atoms. The van der Waals surface area contributed by atoms with E-state index in [1.165, 1.54) is 11.3 Å². The topological polar surface area (TPSA) is 60.9 Å². The summed E-state index contributed by atoms with van der Waals surface area (Å²) < 4.78 is 0. The monoisotopic (exact) mass is 288 g/mol. The van der Waals surface area contributed by atoms with Crippen LogP contribution in [0.25, 0.3) is 0 Å². The van der Waals surface area contributed by atoms with E-state index in [1.807, 2.05) is 17.0 Å². The van der Waals surface area contributed by atoms with E-state index >= 15 is 0 Å². The van der Waals surface area contributed by atoms with Gasteiger partial charge in [0.15, 0.2) is 0 Å². The second kappa shape index (κ2) is 5.39. The first kappa shape index (κ1) is 13.9. The van der Waals surface area contributed by atoms with Crippen LogP contribution in [0.15, 0.2) is 24.3 Å². The molecule has 1 aromatic rings. The molecule has 1 N–H and O–H groups in total. The van der Waals surface area contributed by atoms with E-state index in [-0.39, 0.29) is 11.8 Å². The number of benzene rings is 1. The summed E-state index contributed by atoms with van der Waals surface area (Å²) in [5, 5.41) is 8.91. The summed E-state index contributed by atoms with van der Waals surface area (Å²) in [6.07, 6.45) is 0.506. The highest BCUT2D eigenvalue weighted by Gasteiger charge is 2.50. The number of carboxylic acid groups (broad SMARTS) is 1. The summed E-state index contributed by atoms with van der Waals surface area (Å²) in [6.45, 7) is 5.06. The third-order valence-electron chi connectivity index (χ3n) is 4.47. The molecular formula is C16H20N2O3. The number of carbonyl (C=O) groups excluding carboxylic acids is 1. The minimum absolute atomic E-state index is 0.0202. The smallest absolute Gasteiger partial charge is 0.307 e. The number of amides is 1. The van der Waals surface area contributed by atoms with Gasteiger partial charge in [-0.3, -0.25) is 9.59 Å². The summed E-state index contributed by atoms with van der Waals surface area (Å²) in [5.74, 6) is -1.56. The molecule has 1 aliphatic carbocycles. The van der Waals surface area contributed by atoms with E-state index in [4.69, 9.17) is 5.11 Å². The predicted octanol–water partition coefficient (Wildman–Crippen LogP) is 1.36. The van der Waals surface area contributed by atoms with E-state index in [2.05, 4.69) is 24.0 Å². The summed E-state index contributed by atoms with van der Waals surface area (Å²) >= 11 is 0. The Morgan fingerprint density at radius 1 is 1.10 bits per heavy atom. The lowest BCUT2D eigenvalue weighted by molar-refractivity contribution is -0.142. The maximum absolute atomic E-state index is 12.2. The first-order valence-electron chi connectivity index (χ1n) is 7.40. The average Bonchev–Trinajstić information content (AvgIpc) is 3.28. The second-order valence-corrected chi connectivity index (χ2v) is 5.89. The van der Waals surface area contributed by atoms with Crippen LogP contribution in [0.1, 0.15) is 12.0 Å². The minimum Gasteiger partial charge on any atom is -0.481 e. The van der Waals surface area contributed by atoms with E-state index in [9.17, 15) is 9.59 Å². The molecule has 5 heteroatoms. The summed E-state index contributed by atoms with van der Waals surface area (Å²) in [7, 11) is 0. The molecular weight excluding hydrogens is 268 g/mol. The van der Waals surface area contributed by atoms with Gasteiger partial charge in [-0.1, -0.05) is 18.2 Å². The van der Waals surface area contributed by atoms with Crippen LogP contribution in [0.2, 0.25) is 0 Å². The van der Waals surface area contributed by atoms with E-state index < -0.39 is 11.9 Å². The lowest BCUT2D eigenvalue weighted by Gasteiger charge is -2.37. The number of piperazine rings is 1. The van der Waals surface area contributed by atoms with Crippen molar-refractivity contribution in [2.45, 2.75) is 13.3 Å². The molecule has 112 valence electrons. The highest BCUT2D eigenvalue weighted by atomic mass is 16.4. The SMILES string of the molecule is Cc1ccccc1N1CCN(C(=O)[C@@H]2C[C@@H]2C(=O)O)CC1. The van der Waals surface area contributed by atoms with Crippen molar-refractivity contribution in [2.24, 2.45) is 11.8 Å². The van der Waals surface area contributed by atoms with Crippen LogP contribution < -0.4 is 4.90 Å². The quantitative estimate of drug-likeness (QED) is 0.912. The first-order valence-corrected chi connectivity index (χ1v) is 7.40. The molecule has 1 saturated carbocycles. The Kier molecular flexibility index (Phi) is 3.57. The number of aliphatic carboxylic acids is 1. The van der Waals surface area contributed by atoms with Crippen LogP contribution in [0, 0.1) is 18.8 Å². The Morgan fingerprint density at radius 3 is 2.33 bits per heavy atom. The molecule has 2 fully saturated rings. The van der Waals surface area contributed by atoms with Crippen LogP contribution in [0.3, 0.4) is 0 Å². The zero-order chi connectivity index (χ0) is 15.0. The Bertz CT molecular complexity index is 564. The van der Waals surface area contributed by atoms with Crippen LogP contribution in [0.5, 0.6) is 0 Å². The van der Waals surface area contributed by atoms with Gasteiger partial charge in [0.1, 0.15) is 0 Å². The van der Waals surface area contributed by atoms with Crippen LogP contribution in [-0.4, -0.2) is 48.1 Å². The summed E-state index contributed by atoms with van der Waals surface area (Å²) in [4.78, 5) is 27.2. The summed E-state index contributed by atoms with van der Waals surface area (Å²) in [5.41, 5.74) is 2.46. The first-order chi connectivity index (χ1) is 10.1. The van der Waals surface area contributed by atoms with Crippen LogP contribution in [-0.2, 0) is 9.59 Å². The number of para-hydroxylation sites is 1. The lowest BCUT2D eigenvalue weighted by Crippen LogP contribution is -2.49. The van der Waals surface area contributed by atoms with Gasteiger partial charge < -0.3 is 14.9 Å². The van der Waals surface area contributed by atoms with Gasteiger partial charge in [0.2, 0.25) is 5.91 Å². The molecule has 0 spiro atoms. The average molecular weight is 288 g/mol. The van der Waals surface area contributed by atoms with Crippen molar-refractivity contribution in [1.29, 1.82) is 0 Å². The maximum Gasteiger partial charge on any atom is 0.307 e. The number of anilines is 1. The molecule has 0 unspecified atom stereocenters. The number of rotatable bonds is 3. The Labute approximate surface area is 124 Å². The van der Waals surface area contributed by atoms with E-state index in [0.29, 0.717) is 19.5 Å². The Balaban J connectivity index is 1.57. The lowest BCUT2D eigenvalue weighted by atomic mass is 10.1. The molecule has 2 atom stereocenters. The molecule has 0 radical (unpaired) electrons. The standard InChI is InChI=1S/C16H20N2O3/c1-11-4-2-3-5-14(11)17-6-8-18(9-7-17)15(19)12-10-13(12)16(20)21/h2-5,12-13H,6-10H2,1H3,(H,20,21)/t12-,13+/m1/s1. The molecule has 2 aliphatic rings. The molecule has 0 aromatic heterocycles. The Hall–Kier alpha value is -2.04. The van der Waals surface area contributed by atoms with Gasteiger partial charge in [-0.15, -0.1) is 0 Å². The van der Waals surface area contributed by atoms with E-state index in [1.54, 1.807) is 0 Å². The van der Waals surface area contributed by atoms with Crippen LogP contribution >= 0.6 is 0 Å². The number of carbonyl (C=O) groups is 2. The van der Waals surface area contributed by atoms with Crippen LogP contribution in [0.4, 0.5) is 5.69 Å². The van der Waals surface area contributed by atoms with Crippen molar-refractivity contribution >= 4 is 17.6 Å². The highest BCUT2D eigenvalue weighted by molar-refractivity contribution is 5.89. The second-order valence-electron chi connectivity index (χ2n) is 5.89. The van der Waals surface area contributed by atoms with Crippen molar-refractivity contribution < 1.29 is 14.7 Å². The molecule has 21 heavy (non-hydrogen) atoms. The van der Waals surface area contributed by atoms with Crippen molar-refractivity contribution in [3.05, 3.63) is 29.8 Å². The Morgan fingerprint density at radius 2 is 1.76 bits per heavy atom. The number of aryl methyl sites for hydroxylation is 1. The molecule has 1 saturated heterocycles. The molecule has 3 rings (SSSR count). The largest absolute Gasteiger partial charge is 0.481 e. The van der Waals surface area contributed by atoms with Crippen molar-refractivity contribution in [3.63, 3.8) is 0 Å². The third-order valence-corrected chi connectivity index (χ3v) is 4.47. The number of nitrogens with zero attached hydrogens (tertiary/aromatic N) is 2. The fourth-order valence-corrected chi connectivity index (χ4v) is 3.06. The van der Waals surface area contributed by atoms with E-state index in [0.717, 1.165) is 13.1 Å². The normalized spacial score (nSPS) is 24.8. The third kappa shape index (κ3) is 2.73. The van der Waals surface area contributed by atoms with Crippen molar-refractivity contribution in [2.75, 3.05) is 31.1 Å². The number of hydrogen-bond acceptors (Lipinski definition) is 3. The minimum atomic E-state index is -0.841. The highest BCUT2D eigenvalue weighted by Crippen LogP contribution is 2.40. The zero-order valence-corrected chi connectivity index (χ0v) is 12.2. The molecule has 1 heterocycles. The molecule has 5 nitrogen and oxygen atoms in total. The van der Waals surface area contributed by atoms with Gasteiger partial charge in [0.25, 0.3) is 0 Å². The van der Waals surface area contributed by atoms with Crippen molar-refractivity contribution in [1.82, 2.24) is 4.90 Å². The number of carboxylic acids is 1. The van der Waals surface area contributed by atoms with Gasteiger partial charge in [-0.25, -0.2) is 0 Å². The fourth-order valence-electron chi connectivity index (χ4n) is 3.06. The van der Waals surface area contributed by atoms with Gasteiger partial charge >= 0.3 is 5.97 Å². The molecule has 1 amide bonds. The van der Waals surface area contributed by atoms with Gasteiger partial charge in [-0.05, 0) is 25.0 Å². The van der Waals surface area contributed by atoms with Gasteiger partial charge in [0, 0.05) is 31.9 Å². The van der Waals surface area contributed by atoms with Gasteiger partial charge in [-0.2, -0.15) is 0 Å². The molecule has 1 aromatic carbocycles. The maximum atomic E-state index is 12.2. The van der Waals surface area contributed by atoms with Crippen molar-refractivity contribution in [3.8, 4) is 0 Å². The zero-order valence-electron chi connectivity index (χ0n) is 12.2. The summed E-state index contributed by atoms with van der Waals surface area (Å²) in [6, 6.07) is 8.25. The molecule has 1 aliphatic heterocycles.